The van der Waals surface area contributed by atoms with E-state index in [0.29, 0.717) is 5.56 Å². The third kappa shape index (κ3) is 6.12. The highest BCUT2D eigenvalue weighted by molar-refractivity contribution is 7.86. The summed E-state index contributed by atoms with van der Waals surface area (Å²) in [5.74, 6) is -0.495. The van der Waals surface area contributed by atoms with Gasteiger partial charge in [-0.05, 0) is 23.8 Å². The molecular formula is C18H20FNO5S. The molecule has 0 aliphatic heterocycles. The van der Waals surface area contributed by atoms with Crippen LogP contribution in [-0.4, -0.2) is 39.2 Å². The smallest absolute Gasteiger partial charge is 0.306 e. The lowest BCUT2D eigenvalue weighted by atomic mass is 10.1. The Balaban J connectivity index is 2.26. The zero-order valence-electron chi connectivity index (χ0n) is 14.5. The fourth-order valence-corrected chi connectivity index (χ4v) is 2.83. The Morgan fingerprint density at radius 3 is 2.35 bits per heavy atom. The second kappa shape index (κ2) is 8.77. The summed E-state index contributed by atoms with van der Waals surface area (Å²) in [6.07, 6.45) is 0.955. The molecule has 2 aromatic carbocycles. The summed E-state index contributed by atoms with van der Waals surface area (Å²) in [7, 11) is -2.29. The summed E-state index contributed by atoms with van der Waals surface area (Å²) in [4.78, 5) is 13.9. The van der Waals surface area contributed by atoms with Crippen molar-refractivity contribution in [3.8, 4) is 5.75 Å². The van der Waals surface area contributed by atoms with Gasteiger partial charge in [-0.1, -0.05) is 30.3 Å². The average Bonchev–Trinajstić information content (AvgIpc) is 2.56. The fraction of sp³-hybridized carbons (Fsp3) is 0.278. The molecule has 0 spiro atoms. The maximum atomic E-state index is 13.1. The number of hydrogen-bond acceptors (Lipinski definition) is 5. The Hall–Kier alpha value is -2.45. The van der Waals surface area contributed by atoms with E-state index in [0.717, 1.165) is 11.8 Å². The van der Waals surface area contributed by atoms with Crippen molar-refractivity contribution >= 4 is 16.0 Å². The number of ether oxygens (including phenoxy) is 1. The van der Waals surface area contributed by atoms with Crippen LogP contribution in [0.25, 0.3) is 0 Å². The number of methoxy groups -OCH3 is 1. The minimum Gasteiger partial charge on any atom is -0.382 e. The molecule has 0 unspecified atom stereocenters. The molecule has 0 aliphatic carbocycles. The highest BCUT2D eigenvalue weighted by atomic mass is 32.2. The van der Waals surface area contributed by atoms with Crippen LogP contribution in [0.1, 0.15) is 11.1 Å². The molecule has 2 aromatic rings. The van der Waals surface area contributed by atoms with Crippen LogP contribution in [0.3, 0.4) is 0 Å². The fourth-order valence-electron chi connectivity index (χ4n) is 2.34. The summed E-state index contributed by atoms with van der Waals surface area (Å²) >= 11 is 0. The predicted octanol–water partition coefficient (Wildman–Crippen LogP) is 2.34. The first-order valence-electron chi connectivity index (χ1n) is 7.77. The van der Waals surface area contributed by atoms with Crippen LogP contribution in [0.4, 0.5) is 4.39 Å². The first kappa shape index (κ1) is 19.9. The van der Waals surface area contributed by atoms with Crippen LogP contribution in [0.15, 0.2) is 48.5 Å². The van der Waals surface area contributed by atoms with Crippen molar-refractivity contribution in [3.05, 3.63) is 65.5 Å². The first-order chi connectivity index (χ1) is 12.3. The number of rotatable bonds is 8. The molecule has 0 atom stereocenters. The number of carbonyl (C=O) groups excluding carboxylic acids is 1. The maximum Gasteiger partial charge on any atom is 0.306 e. The molecule has 140 valence electrons. The number of carbonyl (C=O) groups is 1. The van der Waals surface area contributed by atoms with Crippen LogP contribution >= 0.6 is 0 Å². The molecule has 0 aliphatic rings. The van der Waals surface area contributed by atoms with Gasteiger partial charge in [0.1, 0.15) is 18.2 Å². The molecule has 0 saturated heterocycles. The molecule has 0 heterocycles. The van der Waals surface area contributed by atoms with Gasteiger partial charge in [-0.3, -0.25) is 4.79 Å². The van der Waals surface area contributed by atoms with E-state index in [1.54, 1.807) is 30.3 Å². The normalized spacial score (nSPS) is 11.2. The van der Waals surface area contributed by atoms with Gasteiger partial charge in [0.2, 0.25) is 5.91 Å². The lowest BCUT2D eigenvalue weighted by Gasteiger charge is -2.23. The third-order valence-corrected chi connectivity index (χ3v) is 3.96. The van der Waals surface area contributed by atoms with Crippen molar-refractivity contribution in [1.29, 1.82) is 0 Å². The van der Waals surface area contributed by atoms with E-state index >= 15 is 0 Å². The summed E-state index contributed by atoms with van der Waals surface area (Å²) < 4.78 is 45.9. The van der Waals surface area contributed by atoms with Crippen LogP contribution in [0, 0.1) is 5.82 Å². The Labute approximate surface area is 152 Å². The number of nitrogens with zero attached hydrogens (tertiary/aromatic N) is 1. The monoisotopic (exact) mass is 381 g/mol. The Bertz CT molecular complexity index is 852. The van der Waals surface area contributed by atoms with Gasteiger partial charge >= 0.3 is 10.1 Å². The minimum absolute atomic E-state index is 0.116. The zero-order valence-corrected chi connectivity index (χ0v) is 15.3. The van der Waals surface area contributed by atoms with E-state index in [4.69, 9.17) is 8.92 Å². The van der Waals surface area contributed by atoms with Crippen molar-refractivity contribution in [2.24, 2.45) is 0 Å². The average molecular weight is 381 g/mol. The molecule has 0 bridgehead atoms. The standard InChI is InChI=1S/C18H20FNO5S/c1-24-13-18(21)20(11-14-7-9-16(19)10-8-14)12-15-5-3-4-6-17(15)25-26(2,22)23/h3-10H,11-13H2,1-2H3. The zero-order chi connectivity index (χ0) is 19.2. The van der Waals surface area contributed by atoms with E-state index in [9.17, 15) is 17.6 Å². The number of halogens is 1. The lowest BCUT2D eigenvalue weighted by Crippen LogP contribution is -2.33. The molecular weight excluding hydrogens is 361 g/mol. The molecule has 0 aromatic heterocycles. The molecule has 0 radical (unpaired) electrons. The number of hydrogen-bond donors (Lipinski definition) is 0. The van der Waals surface area contributed by atoms with Gasteiger partial charge in [-0.15, -0.1) is 0 Å². The Morgan fingerprint density at radius 2 is 1.73 bits per heavy atom. The highest BCUT2D eigenvalue weighted by Crippen LogP contribution is 2.22. The Morgan fingerprint density at radius 1 is 1.08 bits per heavy atom. The second-order valence-corrected chi connectivity index (χ2v) is 7.28. The van der Waals surface area contributed by atoms with E-state index in [1.807, 2.05) is 0 Å². The molecule has 26 heavy (non-hydrogen) atoms. The van der Waals surface area contributed by atoms with Crippen molar-refractivity contribution in [2.75, 3.05) is 20.0 Å². The summed E-state index contributed by atoms with van der Waals surface area (Å²) in [6, 6.07) is 12.4. The Kier molecular flexibility index (Phi) is 6.70. The second-order valence-electron chi connectivity index (χ2n) is 5.70. The predicted molar refractivity (Wildman–Crippen MR) is 94.4 cm³/mol. The van der Waals surface area contributed by atoms with Gasteiger partial charge in [-0.2, -0.15) is 8.42 Å². The largest absolute Gasteiger partial charge is 0.382 e. The molecule has 0 N–H and O–H groups in total. The topological polar surface area (TPSA) is 72.9 Å². The van der Waals surface area contributed by atoms with Crippen LogP contribution in [0.5, 0.6) is 5.75 Å². The number of amides is 1. The SMILES string of the molecule is COCC(=O)N(Cc1ccc(F)cc1)Cc1ccccc1OS(C)(=O)=O. The van der Waals surface area contributed by atoms with Crippen molar-refractivity contribution < 1.29 is 26.5 Å². The summed E-state index contributed by atoms with van der Waals surface area (Å²) in [5.41, 5.74) is 1.27. The van der Waals surface area contributed by atoms with Crippen LogP contribution in [0.2, 0.25) is 0 Å². The van der Waals surface area contributed by atoms with E-state index < -0.39 is 10.1 Å². The van der Waals surface area contributed by atoms with Crippen LogP contribution in [-0.2, 0) is 32.7 Å². The molecule has 0 fully saturated rings. The molecule has 6 nitrogen and oxygen atoms in total. The molecule has 8 heteroatoms. The maximum absolute atomic E-state index is 13.1. The lowest BCUT2D eigenvalue weighted by molar-refractivity contribution is -0.136. The van der Waals surface area contributed by atoms with E-state index in [2.05, 4.69) is 0 Å². The quantitative estimate of drug-likeness (QED) is 0.657. The van der Waals surface area contributed by atoms with Gasteiger partial charge in [0.25, 0.3) is 0 Å². The van der Waals surface area contributed by atoms with Crippen molar-refractivity contribution in [2.45, 2.75) is 13.1 Å². The van der Waals surface area contributed by atoms with Gasteiger partial charge < -0.3 is 13.8 Å². The van der Waals surface area contributed by atoms with E-state index in [-0.39, 0.29) is 37.2 Å². The van der Waals surface area contributed by atoms with Gasteiger partial charge in [0.05, 0.1) is 6.26 Å². The van der Waals surface area contributed by atoms with Gasteiger partial charge in [-0.25, -0.2) is 4.39 Å². The third-order valence-electron chi connectivity index (χ3n) is 3.48. The highest BCUT2D eigenvalue weighted by Gasteiger charge is 2.18. The number of benzene rings is 2. The van der Waals surface area contributed by atoms with Crippen molar-refractivity contribution in [1.82, 2.24) is 4.90 Å². The minimum atomic E-state index is -3.70. The summed E-state index contributed by atoms with van der Waals surface area (Å²) in [5, 5.41) is 0. The van der Waals surface area contributed by atoms with E-state index in [1.165, 1.54) is 30.2 Å². The number of para-hydroxylation sites is 1. The van der Waals surface area contributed by atoms with Crippen LogP contribution < -0.4 is 4.18 Å². The van der Waals surface area contributed by atoms with Gasteiger partial charge in [0, 0.05) is 25.8 Å². The summed E-state index contributed by atoms with van der Waals surface area (Å²) in [6.45, 7) is 0.206. The van der Waals surface area contributed by atoms with Crippen molar-refractivity contribution in [3.63, 3.8) is 0 Å². The molecule has 1 amide bonds. The molecule has 0 saturated carbocycles. The first-order valence-corrected chi connectivity index (χ1v) is 9.58. The van der Waals surface area contributed by atoms with Gasteiger partial charge in [0.15, 0.2) is 0 Å². The molecule has 2 rings (SSSR count).